The lowest BCUT2D eigenvalue weighted by molar-refractivity contribution is -0.0133. The Hall–Kier alpha value is -1.32. The van der Waals surface area contributed by atoms with Gasteiger partial charge in [0, 0.05) is 0 Å². The minimum Gasteiger partial charge on any atom is -0.490 e. The van der Waals surface area contributed by atoms with Crippen LogP contribution in [0, 0.1) is 13.8 Å². The molecule has 0 saturated heterocycles. The van der Waals surface area contributed by atoms with Crippen LogP contribution in [0.2, 0.25) is 0 Å². The zero-order valence-corrected chi connectivity index (χ0v) is 13.0. The molecule has 1 N–H and O–H groups in total. The van der Waals surface area contributed by atoms with Crippen LogP contribution in [0.1, 0.15) is 30.5 Å². The Balaban J connectivity index is 2.61. The number of hydrogen-bond acceptors (Lipinski definition) is 3. The number of aliphatic hydroxyl groups is 1. The van der Waals surface area contributed by atoms with Crippen molar-refractivity contribution in [1.82, 2.24) is 0 Å². The summed E-state index contributed by atoms with van der Waals surface area (Å²) < 4.78 is 11.3. The number of rotatable bonds is 8. The minimum atomic E-state index is -0.445. The van der Waals surface area contributed by atoms with Gasteiger partial charge in [0.15, 0.2) is 0 Å². The summed E-state index contributed by atoms with van der Waals surface area (Å²) in [5.74, 6) is 0.922. The Bertz CT molecular complexity index is 415. The number of aliphatic hydroxyl groups excluding tert-OH is 1. The van der Waals surface area contributed by atoms with Crippen LogP contribution in [0.3, 0.4) is 0 Å². The molecule has 0 heterocycles. The van der Waals surface area contributed by atoms with Crippen molar-refractivity contribution in [1.29, 1.82) is 0 Å². The van der Waals surface area contributed by atoms with Crippen LogP contribution < -0.4 is 4.74 Å². The first-order chi connectivity index (χ1) is 9.43. The largest absolute Gasteiger partial charge is 0.490 e. The molecule has 3 nitrogen and oxygen atoms in total. The van der Waals surface area contributed by atoms with Gasteiger partial charge in [0.25, 0.3) is 0 Å². The van der Waals surface area contributed by atoms with Crippen molar-refractivity contribution < 1.29 is 14.6 Å². The van der Waals surface area contributed by atoms with Crippen molar-refractivity contribution in [3.63, 3.8) is 0 Å². The summed E-state index contributed by atoms with van der Waals surface area (Å²) in [6, 6.07) is 4.26. The predicted octanol–water partition coefficient (Wildman–Crippen LogP) is 3.20. The SMILES string of the molecule is C=CCc1cc(C)c(OCC(C)OCC(C)O)c(C)c1. The molecule has 0 bridgehead atoms. The summed E-state index contributed by atoms with van der Waals surface area (Å²) in [5.41, 5.74) is 3.51. The Morgan fingerprint density at radius 1 is 1.20 bits per heavy atom. The van der Waals surface area contributed by atoms with E-state index >= 15 is 0 Å². The molecule has 2 atom stereocenters. The highest BCUT2D eigenvalue weighted by molar-refractivity contribution is 5.43. The number of aryl methyl sites for hydroxylation is 2. The first-order valence-electron chi connectivity index (χ1n) is 7.07. The standard InChI is InChI=1S/C17H26O3/c1-6-7-16-8-12(2)17(13(3)9-16)20-11-15(5)19-10-14(4)18/h6,8-9,14-15,18H,1,7,10-11H2,2-5H3. The highest BCUT2D eigenvalue weighted by atomic mass is 16.5. The van der Waals surface area contributed by atoms with Crippen molar-refractivity contribution in [3.8, 4) is 5.75 Å². The lowest BCUT2D eigenvalue weighted by Gasteiger charge is -2.18. The van der Waals surface area contributed by atoms with E-state index in [9.17, 15) is 5.11 Å². The lowest BCUT2D eigenvalue weighted by Crippen LogP contribution is -2.23. The second-order valence-electron chi connectivity index (χ2n) is 5.36. The van der Waals surface area contributed by atoms with Gasteiger partial charge in [-0.05, 0) is 50.8 Å². The van der Waals surface area contributed by atoms with E-state index in [2.05, 4.69) is 32.6 Å². The van der Waals surface area contributed by atoms with Crippen LogP contribution in [-0.2, 0) is 11.2 Å². The fraction of sp³-hybridized carbons (Fsp3) is 0.529. The quantitative estimate of drug-likeness (QED) is 0.742. The first-order valence-corrected chi connectivity index (χ1v) is 7.07. The van der Waals surface area contributed by atoms with Gasteiger partial charge in [-0.2, -0.15) is 0 Å². The second kappa shape index (κ2) is 8.08. The van der Waals surface area contributed by atoms with Crippen LogP contribution in [0.25, 0.3) is 0 Å². The van der Waals surface area contributed by atoms with E-state index in [0.29, 0.717) is 13.2 Å². The molecule has 20 heavy (non-hydrogen) atoms. The maximum absolute atomic E-state index is 9.18. The van der Waals surface area contributed by atoms with Gasteiger partial charge in [-0.1, -0.05) is 18.2 Å². The molecule has 0 spiro atoms. The summed E-state index contributed by atoms with van der Waals surface area (Å²) in [5, 5.41) is 9.18. The third-order valence-corrected chi connectivity index (χ3v) is 2.98. The predicted molar refractivity (Wildman–Crippen MR) is 82.4 cm³/mol. The molecular formula is C17H26O3. The highest BCUT2D eigenvalue weighted by Crippen LogP contribution is 2.25. The monoisotopic (exact) mass is 278 g/mol. The van der Waals surface area contributed by atoms with Gasteiger partial charge >= 0.3 is 0 Å². The second-order valence-corrected chi connectivity index (χ2v) is 5.36. The maximum Gasteiger partial charge on any atom is 0.125 e. The summed E-state index contributed by atoms with van der Waals surface area (Å²) in [4.78, 5) is 0. The number of hydrogen-bond donors (Lipinski definition) is 1. The van der Waals surface area contributed by atoms with Crippen LogP contribution in [0.5, 0.6) is 5.75 Å². The molecule has 3 heteroatoms. The summed E-state index contributed by atoms with van der Waals surface area (Å²) in [6.07, 6.45) is 2.28. The van der Waals surface area contributed by atoms with Gasteiger partial charge in [0.2, 0.25) is 0 Å². The van der Waals surface area contributed by atoms with Crippen molar-refractivity contribution in [2.75, 3.05) is 13.2 Å². The number of benzene rings is 1. The fourth-order valence-electron chi connectivity index (χ4n) is 2.10. The minimum absolute atomic E-state index is 0.0451. The molecular weight excluding hydrogens is 252 g/mol. The topological polar surface area (TPSA) is 38.7 Å². The van der Waals surface area contributed by atoms with Gasteiger partial charge in [-0.15, -0.1) is 6.58 Å². The zero-order valence-electron chi connectivity index (χ0n) is 13.0. The van der Waals surface area contributed by atoms with E-state index in [1.807, 2.05) is 13.0 Å². The molecule has 0 fully saturated rings. The van der Waals surface area contributed by atoms with Crippen LogP contribution >= 0.6 is 0 Å². The zero-order chi connectivity index (χ0) is 15.1. The van der Waals surface area contributed by atoms with Gasteiger partial charge in [0.1, 0.15) is 12.4 Å². The van der Waals surface area contributed by atoms with Crippen LogP contribution in [0.4, 0.5) is 0 Å². The van der Waals surface area contributed by atoms with E-state index in [1.54, 1.807) is 6.92 Å². The van der Waals surface area contributed by atoms with Crippen molar-refractivity contribution in [2.24, 2.45) is 0 Å². The Morgan fingerprint density at radius 2 is 1.80 bits per heavy atom. The molecule has 112 valence electrons. The summed E-state index contributed by atoms with van der Waals surface area (Å²) in [6.45, 7) is 12.3. The smallest absolute Gasteiger partial charge is 0.125 e. The maximum atomic E-state index is 9.18. The fourth-order valence-corrected chi connectivity index (χ4v) is 2.10. The van der Waals surface area contributed by atoms with Gasteiger partial charge in [-0.25, -0.2) is 0 Å². The van der Waals surface area contributed by atoms with E-state index in [4.69, 9.17) is 9.47 Å². The van der Waals surface area contributed by atoms with Crippen LogP contribution in [-0.4, -0.2) is 30.5 Å². The molecule has 2 unspecified atom stereocenters. The first kappa shape index (κ1) is 16.7. The molecule has 0 aromatic heterocycles. The van der Waals surface area contributed by atoms with Gasteiger partial charge in [-0.3, -0.25) is 0 Å². The van der Waals surface area contributed by atoms with Crippen molar-refractivity contribution in [2.45, 2.75) is 46.3 Å². The third kappa shape index (κ3) is 5.35. The average molecular weight is 278 g/mol. The molecule has 1 aromatic rings. The molecule has 0 saturated carbocycles. The molecule has 0 aliphatic carbocycles. The highest BCUT2D eigenvalue weighted by Gasteiger charge is 2.10. The molecule has 1 aromatic carbocycles. The van der Waals surface area contributed by atoms with Crippen molar-refractivity contribution >= 4 is 0 Å². The molecule has 0 aliphatic rings. The Labute approximate surface area is 122 Å². The average Bonchev–Trinajstić information content (AvgIpc) is 2.35. The normalized spacial score (nSPS) is 13.8. The molecule has 0 amide bonds. The molecule has 0 radical (unpaired) electrons. The van der Waals surface area contributed by atoms with Crippen LogP contribution in [0.15, 0.2) is 24.8 Å². The lowest BCUT2D eigenvalue weighted by atomic mass is 10.0. The Kier molecular flexibility index (Phi) is 6.76. The summed E-state index contributed by atoms with van der Waals surface area (Å²) in [7, 11) is 0. The van der Waals surface area contributed by atoms with Gasteiger partial charge < -0.3 is 14.6 Å². The number of ether oxygens (including phenoxy) is 2. The van der Waals surface area contributed by atoms with Gasteiger partial charge in [0.05, 0.1) is 18.8 Å². The van der Waals surface area contributed by atoms with E-state index < -0.39 is 6.10 Å². The van der Waals surface area contributed by atoms with E-state index in [0.717, 1.165) is 23.3 Å². The van der Waals surface area contributed by atoms with Crippen molar-refractivity contribution in [3.05, 3.63) is 41.5 Å². The third-order valence-electron chi connectivity index (χ3n) is 2.98. The summed E-state index contributed by atoms with van der Waals surface area (Å²) >= 11 is 0. The molecule has 1 rings (SSSR count). The molecule has 0 aliphatic heterocycles. The van der Waals surface area contributed by atoms with E-state index in [1.165, 1.54) is 5.56 Å². The number of allylic oxidation sites excluding steroid dienone is 1. The van der Waals surface area contributed by atoms with E-state index in [-0.39, 0.29) is 6.10 Å². The Morgan fingerprint density at radius 3 is 2.30 bits per heavy atom.